The Morgan fingerprint density at radius 3 is 1.32 bits per heavy atom. The molecule has 0 aliphatic carbocycles. The Labute approximate surface area is 259 Å². The van der Waals surface area contributed by atoms with Crippen molar-refractivity contribution in [2.45, 2.75) is 90.4 Å². The Kier molecular flexibility index (Phi) is 26.0. The van der Waals surface area contributed by atoms with Gasteiger partial charge in [-0.3, -0.25) is 44.1 Å². The van der Waals surface area contributed by atoms with Crippen molar-refractivity contribution in [2.75, 3.05) is 45.5 Å². The first-order valence-electron chi connectivity index (χ1n) is 14.7. The van der Waals surface area contributed by atoms with E-state index in [-0.39, 0.29) is 57.1 Å². The number of rotatable bonds is 23. The molecule has 0 spiro atoms. The van der Waals surface area contributed by atoms with Crippen LogP contribution in [0.1, 0.15) is 90.4 Å². The number of nitrogens with two attached hydrogens (primary N) is 1. The minimum absolute atomic E-state index is 0.00230. The fourth-order valence-electron chi connectivity index (χ4n) is 3.45. The zero-order valence-electron chi connectivity index (χ0n) is 25.9. The number of hydroxylamine groups is 6. The van der Waals surface area contributed by atoms with Gasteiger partial charge >= 0.3 is 0 Å². The highest BCUT2D eigenvalue weighted by Crippen LogP contribution is 2.03. The second-order valence-electron chi connectivity index (χ2n) is 10.1. The maximum atomic E-state index is 11.9. The summed E-state index contributed by atoms with van der Waals surface area (Å²) in [5, 5.41) is 36.0. The van der Waals surface area contributed by atoms with E-state index in [0.29, 0.717) is 79.6 Å². The van der Waals surface area contributed by atoms with Crippen molar-refractivity contribution in [1.29, 1.82) is 0 Å². The molecule has 0 aromatic carbocycles. The molecule has 0 aliphatic heterocycles. The topological polar surface area (TPSA) is 260 Å². The highest BCUT2D eigenvalue weighted by molar-refractivity contribution is 7.85. The van der Waals surface area contributed by atoms with Gasteiger partial charge in [0.2, 0.25) is 29.5 Å². The SMILES string of the molecule is CC(=O)N(O)CCCCCN(O)C(=O)CCC(=O)NCCCCCNC(=O)CCC(=O)N(O)CCCCCN.CS(=O)(=O)O. The van der Waals surface area contributed by atoms with E-state index in [1.165, 1.54) is 6.92 Å². The molecule has 17 nitrogen and oxygen atoms in total. The van der Waals surface area contributed by atoms with Crippen molar-refractivity contribution in [3.8, 4) is 0 Å². The van der Waals surface area contributed by atoms with E-state index in [0.717, 1.165) is 19.3 Å². The average molecular weight is 657 g/mol. The summed E-state index contributed by atoms with van der Waals surface area (Å²) in [4.78, 5) is 58.4. The van der Waals surface area contributed by atoms with Gasteiger partial charge < -0.3 is 16.4 Å². The Balaban J connectivity index is 0. The molecule has 0 saturated carbocycles. The smallest absolute Gasteiger partial charge is 0.261 e. The zero-order valence-corrected chi connectivity index (χ0v) is 26.7. The van der Waals surface area contributed by atoms with E-state index in [9.17, 15) is 48.0 Å². The Hall–Kier alpha value is -2.90. The third-order valence-electron chi connectivity index (χ3n) is 5.88. The van der Waals surface area contributed by atoms with Crippen LogP contribution in [-0.4, -0.2) is 119 Å². The molecule has 0 aromatic heterocycles. The lowest BCUT2D eigenvalue weighted by Gasteiger charge is -2.15. The molecule has 0 heterocycles. The summed E-state index contributed by atoms with van der Waals surface area (Å²) in [5.41, 5.74) is 5.39. The van der Waals surface area contributed by atoms with E-state index in [1.807, 2.05) is 0 Å². The van der Waals surface area contributed by atoms with Crippen LogP contribution in [0.3, 0.4) is 0 Å². The van der Waals surface area contributed by atoms with Crippen LogP contribution in [0.2, 0.25) is 0 Å². The molecule has 8 N–H and O–H groups in total. The van der Waals surface area contributed by atoms with Gasteiger partial charge in [0.25, 0.3) is 10.1 Å². The van der Waals surface area contributed by atoms with E-state index in [4.69, 9.17) is 10.3 Å². The second-order valence-corrected chi connectivity index (χ2v) is 11.5. The van der Waals surface area contributed by atoms with Crippen molar-refractivity contribution in [1.82, 2.24) is 25.8 Å². The first-order valence-corrected chi connectivity index (χ1v) is 16.5. The van der Waals surface area contributed by atoms with Gasteiger partial charge in [0.15, 0.2) is 0 Å². The van der Waals surface area contributed by atoms with E-state index in [2.05, 4.69) is 10.6 Å². The Morgan fingerprint density at radius 1 is 0.614 bits per heavy atom. The van der Waals surface area contributed by atoms with Gasteiger partial charge in [-0.25, -0.2) is 15.2 Å². The summed E-state index contributed by atoms with van der Waals surface area (Å²) in [6.07, 6.45) is 6.61. The molecule has 5 amide bonds. The van der Waals surface area contributed by atoms with E-state index < -0.39 is 27.8 Å². The van der Waals surface area contributed by atoms with Crippen molar-refractivity contribution < 1.29 is 52.6 Å². The van der Waals surface area contributed by atoms with E-state index in [1.54, 1.807) is 0 Å². The quantitative estimate of drug-likeness (QED) is 0.0342. The van der Waals surface area contributed by atoms with Gasteiger partial charge in [0.05, 0.1) is 6.26 Å². The zero-order chi connectivity index (χ0) is 34.0. The molecular formula is C26H52N6O11S. The normalized spacial score (nSPS) is 10.7. The molecule has 0 bridgehead atoms. The lowest BCUT2D eigenvalue weighted by molar-refractivity contribution is -0.166. The third-order valence-corrected chi connectivity index (χ3v) is 5.88. The molecule has 0 aliphatic rings. The average Bonchev–Trinajstić information content (AvgIpc) is 2.94. The summed E-state index contributed by atoms with van der Waals surface area (Å²) < 4.78 is 25.9. The summed E-state index contributed by atoms with van der Waals surface area (Å²) in [7, 11) is -3.67. The van der Waals surface area contributed by atoms with Crippen LogP contribution in [0, 0.1) is 0 Å². The van der Waals surface area contributed by atoms with Crippen LogP contribution in [0.25, 0.3) is 0 Å². The van der Waals surface area contributed by atoms with Gasteiger partial charge in [0, 0.05) is 65.3 Å². The summed E-state index contributed by atoms with van der Waals surface area (Å²) >= 11 is 0. The predicted molar refractivity (Wildman–Crippen MR) is 159 cm³/mol. The molecular weight excluding hydrogens is 604 g/mol. The van der Waals surface area contributed by atoms with Gasteiger partial charge in [0.1, 0.15) is 0 Å². The summed E-state index contributed by atoms with van der Waals surface area (Å²) in [6.45, 7) is 3.21. The fourth-order valence-corrected chi connectivity index (χ4v) is 3.45. The number of hydrogen-bond donors (Lipinski definition) is 7. The monoisotopic (exact) mass is 656 g/mol. The van der Waals surface area contributed by atoms with Crippen LogP contribution in [0.4, 0.5) is 0 Å². The highest BCUT2D eigenvalue weighted by atomic mass is 32.2. The number of amides is 5. The maximum absolute atomic E-state index is 11.9. The van der Waals surface area contributed by atoms with Crippen molar-refractivity contribution in [3.05, 3.63) is 0 Å². The van der Waals surface area contributed by atoms with Crippen molar-refractivity contribution in [3.63, 3.8) is 0 Å². The number of nitrogens with one attached hydrogen (secondary N) is 2. The van der Waals surface area contributed by atoms with Crippen molar-refractivity contribution in [2.24, 2.45) is 5.73 Å². The van der Waals surface area contributed by atoms with Gasteiger partial charge in [-0.05, 0) is 57.9 Å². The summed E-state index contributed by atoms with van der Waals surface area (Å²) in [5.74, 6) is -2.04. The molecule has 0 fully saturated rings. The second kappa shape index (κ2) is 26.5. The minimum Gasteiger partial charge on any atom is -0.356 e. The number of hydrogen-bond acceptors (Lipinski definition) is 11. The highest BCUT2D eigenvalue weighted by Gasteiger charge is 2.14. The Bertz CT molecular complexity index is 945. The van der Waals surface area contributed by atoms with Crippen LogP contribution < -0.4 is 16.4 Å². The molecule has 0 aromatic rings. The molecule has 0 rings (SSSR count). The van der Waals surface area contributed by atoms with Crippen LogP contribution in [0.5, 0.6) is 0 Å². The molecule has 0 unspecified atom stereocenters. The maximum Gasteiger partial charge on any atom is 0.261 e. The Morgan fingerprint density at radius 2 is 0.955 bits per heavy atom. The molecule has 44 heavy (non-hydrogen) atoms. The standard InChI is InChI=1S/C25H48N6O8.CH4O3S/c1-21(32)29(37)18-9-4-10-20-31(39)25(36)14-12-23(34)28-17-7-3-6-16-27-22(33)11-13-24(35)30(38)19-8-2-5-15-26;1-5(2,3)4/h37-39H,2-20,26H2,1H3,(H,27,33)(H,28,34);1H3,(H,2,3,4). The lowest BCUT2D eigenvalue weighted by Crippen LogP contribution is -2.31. The molecule has 0 saturated heterocycles. The van der Waals surface area contributed by atoms with Crippen LogP contribution in [-0.2, 0) is 34.1 Å². The number of carbonyl (C=O) groups excluding carboxylic acids is 5. The van der Waals surface area contributed by atoms with Crippen LogP contribution >= 0.6 is 0 Å². The largest absolute Gasteiger partial charge is 0.356 e. The number of nitrogens with zero attached hydrogens (tertiary/aromatic N) is 3. The van der Waals surface area contributed by atoms with Gasteiger partial charge in [-0.2, -0.15) is 8.42 Å². The lowest BCUT2D eigenvalue weighted by atomic mass is 10.2. The van der Waals surface area contributed by atoms with Gasteiger partial charge in [-0.15, -0.1) is 0 Å². The molecule has 18 heteroatoms. The number of carbonyl (C=O) groups is 5. The molecule has 0 radical (unpaired) electrons. The van der Waals surface area contributed by atoms with E-state index >= 15 is 0 Å². The van der Waals surface area contributed by atoms with Crippen LogP contribution in [0.15, 0.2) is 0 Å². The molecule has 258 valence electrons. The first-order chi connectivity index (χ1) is 20.6. The summed E-state index contributed by atoms with van der Waals surface area (Å²) in [6, 6.07) is 0. The number of unbranched alkanes of at least 4 members (excludes halogenated alkanes) is 6. The minimum atomic E-state index is -3.67. The molecule has 0 atom stereocenters. The predicted octanol–water partition coefficient (Wildman–Crippen LogP) is 0.426. The van der Waals surface area contributed by atoms with Crippen molar-refractivity contribution >= 4 is 39.7 Å². The third kappa shape index (κ3) is 30.6. The first kappa shape index (κ1) is 43.2. The fraction of sp³-hybridized carbons (Fsp3) is 0.808. The van der Waals surface area contributed by atoms with Gasteiger partial charge in [-0.1, -0.05) is 6.42 Å².